The van der Waals surface area contributed by atoms with E-state index in [1.165, 1.54) is 0 Å². The first-order valence-electron chi connectivity index (χ1n) is 10.8. The van der Waals surface area contributed by atoms with Gasteiger partial charge in [-0.1, -0.05) is 13.8 Å². The molecule has 30 heavy (non-hydrogen) atoms. The summed E-state index contributed by atoms with van der Waals surface area (Å²) in [5.74, 6) is 0. The fourth-order valence-electron chi connectivity index (χ4n) is 2.59. The maximum absolute atomic E-state index is 6.15. The summed E-state index contributed by atoms with van der Waals surface area (Å²) in [7, 11) is -11.8. The van der Waals surface area contributed by atoms with Crippen molar-refractivity contribution in [2.24, 2.45) is 0 Å². The van der Waals surface area contributed by atoms with Crippen molar-refractivity contribution in [1.29, 1.82) is 0 Å². The Morgan fingerprint density at radius 3 is 1.23 bits per heavy atom. The third kappa shape index (κ3) is 20.9. The lowest BCUT2D eigenvalue weighted by molar-refractivity contribution is 0.0545. The van der Waals surface area contributed by atoms with E-state index in [1.54, 1.807) is 0 Å². The fraction of sp³-hybridized carbons (Fsp3) is 1.00. The zero-order valence-corrected chi connectivity index (χ0v) is 28.5. The summed E-state index contributed by atoms with van der Waals surface area (Å²) in [5.41, 5.74) is 0. The molecule has 0 rings (SSSR count). The van der Waals surface area contributed by atoms with E-state index in [4.69, 9.17) is 30.0 Å². The standard InChI is InChI=1S/C15H44O7Si6.C2H6/c1-23(16-14-17-27(10,11)21-24(2,3)4)20-26(8,9)18-15-19-28(12,13)22-25(5,6)7;1-2/h23H,14-15H2,1-13H3;1-2H3. The normalized spacial score (nSPS) is 14.9. The van der Waals surface area contributed by atoms with Gasteiger partial charge in [-0.2, -0.15) is 0 Å². The Labute approximate surface area is 193 Å². The number of hydrogen-bond acceptors (Lipinski definition) is 7. The summed E-state index contributed by atoms with van der Waals surface area (Å²) in [5, 5.41) is 0. The van der Waals surface area contributed by atoms with Gasteiger partial charge in [0.1, 0.15) is 13.6 Å². The van der Waals surface area contributed by atoms with Gasteiger partial charge in [0, 0.05) is 0 Å². The van der Waals surface area contributed by atoms with Crippen LogP contribution in [-0.4, -0.2) is 65.2 Å². The zero-order chi connectivity index (χ0) is 24.4. The van der Waals surface area contributed by atoms with Crippen molar-refractivity contribution >= 4 is 51.6 Å². The van der Waals surface area contributed by atoms with Crippen molar-refractivity contribution in [3.63, 3.8) is 0 Å². The number of rotatable bonds is 14. The second kappa shape index (κ2) is 13.7. The van der Waals surface area contributed by atoms with Crippen LogP contribution < -0.4 is 0 Å². The molecule has 13 heteroatoms. The minimum Gasteiger partial charge on any atom is -0.436 e. The predicted octanol–water partition coefficient (Wildman–Crippen LogP) is 5.67. The molecule has 1 unspecified atom stereocenters. The van der Waals surface area contributed by atoms with E-state index in [0.717, 1.165) is 0 Å². The van der Waals surface area contributed by atoms with Crippen LogP contribution in [0.4, 0.5) is 0 Å². The average Bonchev–Trinajstić information content (AvgIpc) is 2.42. The summed E-state index contributed by atoms with van der Waals surface area (Å²) in [6, 6.07) is 0. The van der Waals surface area contributed by atoms with Crippen LogP contribution >= 0.6 is 0 Å². The molecule has 0 aliphatic heterocycles. The van der Waals surface area contributed by atoms with Crippen molar-refractivity contribution < 1.29 is 30.0 Å². The van der Waals surface area contributed by atoms with Crippen LogP contribution in [0.3, 0.4) is 0 Å². The van der Waals surface area contributed by atoms with Crippen molar-refractivity contribution in [2.75, 3.05) is 13.6 Å². The molecule has 0 aliphatic carbocycles. The molecule has 0 saturated heterocycles. The molecule has 0 heterocycles. The maximum atomic E-state index is 6.15. The molecular formula is C17H50O7Si6. The molecule has 0 radical (unpaired) electrons. The highest BCUT2D eigenvalue weighted by molar-refractivity contribution is 6.82. The van der Waals surface area contributed by atoms with E-state index in [-0.39, 0.29) is 13.6 Å². The van der Waals surface area contributed by atoms with Gasteiger partial charge in [-0.05, 0) is 85.1 Å². The maximum Gasteiger partial charge on any atom is 0.324 e. The molecule has 0 N–H and O–H groups in total. The Bertz CT molecular complexity index is 464. The Morgan fingerprint density at radius 2 is 0.867 bits per heavy atom. The lowest BCUT2D eigenvalue weighted by atomic mass is 11.0. The minimum absolute atomic E-state index is 0.199. The van der Waals surface area contributed by atoms with Crippen molar-refractivity contribution in [1.82, 2.24) is 0 Å². The van der Waals surface area contributed by atoms with Crippen molar-refractivity contribution in [2.45, 2.75) is 99.0 Å². The summed E-state index contributed by atoms with van der Waals surface area (Å²) in [6.07, 6.45) is 0. The van der Waals surface area contributed by atoms with Gasteiger partial charge in [0.15, 0.2) is 16.6 Å². The van der Waals surface area contributed by atoms with Gasteiger partial charge >= 0.3 is 35.0 Å². The smallest absolute Gasteiger partial charge is 0.324 e. The highest BCUT2D eigenvalue weighted by Gasteiger charge is 2.35. The molecule has 7 nitrogen and oxygen atoms in total. The molecule has 0 aromatic carbocycles. The highest BCUT2D eigenvalue weighted by atomic mass is 28.4. The first-order valence-corrected chi connectivity index (χ1v) is 28.2. The predicted molar refractivity (Wildman–Crippen MR) is 141 cm³/mol. The molecular weight excluding hydrogens is 485 g/mol. The minimum atomic E-state index is -2.34. The van der Waals surface area contributed by atoms with Gasteiger partial charge in [0.05, 0.1) is 0 Å². The van der Waals surface area contributed by atoms with E-state index in [2.05, 4.69) is 65.5 Å². The van der Waals surface area contributed by atoms with Gasteiger partial charge in [-0.25, -0.2) is 0 Å². The van der Waals surface area contributed by atoms with E-state index in [9.17, 15) is 0 Å². The molecule has 0 bridgehead atoms. The van der Waals surface area contributed by atoms with Crippen LogP contribution in [0.2, 0.25) is 85.1 Å². The van der Waals surface area contributed by atoms with Gasteiger partial charge in [-0.15, -0.1) is 0 Å². The fourth-order valence-corrected chi connectivity index (χ4v) is 20.1. The molecule has 0 amide bonds. The second-order valence-electron chi connectivity index (χ2n) is 10.1. The zero-order valence-electron chi connectivity index (χ0n) is 22.3. The summed E-state index contributed by atoms with van der Waals surface area (Å²) in [4.78, 5) is 0. The highest BCUT2D eigenvalue weighted by Crippen LogP contribution is 2.18. The van der Waals surface area contributed by atoms with Gasteiger partial charge in [0.25, 0.3) is 0 Å². The number of hydrogen-bond donors (Lipinski definition) is 0. The third-order valence-corrected chi connectivity index (χ3v) is 18.6. The Balaban J connectivity index is 0. The van der Waals surface area contributed by atoms with E-state index in [1.807, 2.05) is 33.5 Å². The van der Waals surface area contributed by atoms with Crippen LogP contribution in [0, 0.1) is 0 Å². The molecule has 0 saturated carbocycles. The lowest BCUT2D eigenvalue weighted by Crippen LogP contribution is -2.48. The third-order valence-electron chi connectivity index (χ3n) is 3.08. The molecule has 0 aliphatic rings. The van der Waals surface area contributed by atoms with Crippen molar-refractivity contribution in [3.05, 3.63) is 0 Å². The molecule has 184 valence electrons. The van der Waals surface area contributed by atoms with Crippen molar-refractivity contribution in [3.8, 4) is 0 Å². The largest absolute Gasteiger partial charge is 0.436 e. The van der Waals surface area contributed by atoms with Crippen LogP contribution in [0.15, 0.2) is 0 Å². The molecule has 0 fully saturated rings. The van der Waals surface area contributed by atoms with Gasteiger partial charge in [-0.3, -0.25) is 0 Å². The van der Waals surface area contributed by atoms with Crippen LogP contribution in [-0.2, 0) is 30.0 Å². The average molecular weight is 535 g/mol. The summed E-state index contributed by atoms with van der Waals surface area (Å²) >= 11 is 0. The van der Waals surface area contributed by atoms with E-state index < -0.39 is 51.6 Å². The Morgan fingerprint density at radius 1 is 0.533 bits per heavy atom. The quantitative estimate of drug-likeness (QED) is 0.210. The molecule has 0 aromatic rings. The van der Waals surface area contributed by atoms with Crippen LogP contribution in [0.1, 0.15) is 13.8 Å². The molecule has 1 atom stereocenters. The topological polar surface area (TPSA) is 64.6 Å². The SMILES string of the molecule is CC.C[SiH](OCO[Si](C)(C)O[Si](C)(C)C)O[Si](C)(C)OCO[Si](C)(C)O[Si](C)(C)C. The second-order valence-corrected chi connectivity index (χ2v) is 31.9. The van der Waals surface area contributed by atoms with E-state index >= 15 is 0 Å². The summed E-state index contributed by atoms with van der Waals surface area (Å²) < 4.78 is 42.0. The summed E-state index contributed by atoms with van der Waals surface area (Å²) in [6.45, 7) is 31.6. The monoisotopic (exact) mass is 534 g/mol. The Kier molecular flexibility index (Phi) is 15.1. The van der Waals surface area contributed by atoms with Gasteiger partial charge < -0.3 is 30.0 Å². The van der Waals surface area contributed by atoms with Crippen LogP contribution in [0.5, 0.6) is 0 Å². The lowest BCUT2D eigenvalue weighted by Gasteiger charge is -2.33. The van der Waals surface area contributed by atoms with Crippen LogP contribution in [0.25, 0.3) is 0 Å². The van der Waals surface area contributed by atoms with Gasteiger partial charge in [0.2, 0.25) is 0 Å². The molecule has 0 spiro atoms. The molecule has 0 aromatic heterocycles. The first kappa shape index (κ1) is 33.2. The Hall–Kier alpha value is 1.02. The van der Waals surface area contributed by atoms with E-state index in [0.29, 0.717) is 0 Å². The first-order chi connectivity index (χ1) is 13.2.